The van der Waals surface area contributed by atoms with E-state index in [1.807, 2.05) is 27.7 Å². The SMILES string of the molecule is CC(C)CC(O)CNC(=O)c1snnc1C(C)C. The maximum atomic E-state index is 11.9. The second-order valence-corrected chi connectivity index (χ2v) is 5.89. The molecule has 0 aliphatic heterocycles. The summed E-state index contributed by atoms with van der Waals surface area (Å²) in [6.45, 7) is 8.29. The van der Waals surface area contributed by atoms with Gasteiger partial charge in [-0.25, -0.2) is 0 Å². The van der Waals surface area contributed by atoms with Gasteiger partial charge in [0.1, 0.15) is 4.88 Å². The molecule has 0 fully saturated rings. The van der Waals surface area contributed by atoms with E-state index >= 15 is 0 Å². The van der Waals surface area contributed by atoms with E-state index in [0.717, 1.165) is 17.2 Å². The van der Waals surface area contributed by atoms with Crippen molar-refractivity contribution in [3.05, 3.63) is 10.6 Å². The van der Waals surface area contributed by atoms with Crippen LogP contribution in [0.2, 0.25) is 0 Å². The fourth-order valence-electron chi connectivity index (χ4n) is 1.65. The molecule has 1 heterocycles. The first kappa shape index (κ1) is 15.0. The van der Waals surface area contributed by atoms with E-state index in [1.165, 1.54) is 0 Å². The van der Waals surface area contributed by atoms with Gasteiger partial charge in [0.2, 0.25) is 0 Å². The minimum absolute atomic E-state index is 0.171. The number of aliphatic hydroxyl groups excluding tert-OH is 1. The number of nitrogens with zero attached hydrogens (tertiary/aromatic N) is 2. The van der Waals surface area contributed by atoms with Crippen LogP contribution in [0.1, 0.15) is 55.4 Å². The maximum absolute atomic E-state index is 11.9. The Labute approximate surface area is 112 Å². The molecule has 0 radical (unpaired) electrons. The third-order valence-electron chi connectivity index (χ3n) is 2.51. The van der Waals surface area contributed by atoms with Crippen LogP contribution in [0.15, 0.2) is 0 Å². The molecule has 18 heavy (non-hydrogen) atoms. The molecule has 1 unspecified atom stereocenters. The monoisotopic (exact) mass is 271 g/mol. The normalized spacial score (nSPS) is 13.1. The molecule has 1 rings (SSSR count). The van der Waals surface area contributed by atoms with Crippen molar-refractivity contribution in [2.45, 2.75) is 46.1 Å². The zero-order valence-electron chi connectivity index (χ0n) is 11.3. The number of hydrogen-bond acceptors (Lipinski definition) is 5. The topological polar surface area (TPSA) is 75.1 Å². The molecule has 0 saturated heterocycles. The largest absolute Gasteiger partial charge is 0.391 e. The van der Waals surface area contributed by atoms with E-state index in [9.17, 15) is 9.90 Å². The summed E-state index contributed by atoms with van der Waals surface area (Å²) in [5.41, 5.74) is 0.718. The van der Waals surface area contributed by atoms with Crippen molar-refractivity contribution < 1.29 is 9.90 Å². The number of carbonyl (C=O) groups excluding carboxylic acids is 1. The Morgan fingerprint density at radius 2 is 2.06 bits per heavy atom. The average Bonchev–Trinajstić information content (AvgIpc) is 2.73. The molecule has 2 N–H and O–H groups in total. The van der Waals surface area contributed by atoms with Crippen LogP contribution in [-0.4, -0.2) is 33.2 Å². The molecule has 1 atom stereocenters. The molecule has 0 bridgehead atoms. The van der Waals surface area contributed by atoms with Gasteiger partial charge in [-0.15, -0.1) is 5.10 Å². The van der Waals surface area contributed by atoms with Crippen LogP contribution in [-0.2, 0) is 0 Å². The number of hydrogen-bond donors (Lipinski definition) is 2. The Morgan fingerprint density at radius 3 is 2.61 bits per heavy atom. The van der Waals surface area contributed by atoms with E-state index < -0.39 is 6.10 Å². The van der Waals surface area contributed by atoms with Crippen molar-refractivity contribution >= 4 is 17.4 Å². The summed E-state index contributed by atoms with van der Waals surface area (Å²) in [4.78, 5) is 12.5. The van der Waals surface area contributed by atoms with Crippen LogP contribution in [0.5, 0.6) is 0 Å². The zero-order valence-corrected chi connectivity index (χ0v) is 12.1. The van der Waals surface area contributed by atoms with Gasteiger partial charge < -0.3 is 10.4 Å². The van der Waals surface area contributed by atoms with Gasteiger partial charge in [0, 0.05) is 6.54 Å². The lowest BCUT2D eigenvalue weighted by Crippen LogP contribution is -2.32. The fraction of sp³-hybridized carbons (Fsp3) is 0.750. The van der Waals surface area contributed by atoms with Gasteiger partial charge in [-0.2, -0.15) is 0 Å². The number of carbonyl (C=O) groups is 1. The molecule has 0 aliphatic carbocycles. The van der Waals surface area contributed by atoms with E-state index in [2.05, 4.69) is 14.9 Å². The predicted octanol–water partition coefficient (Wildman–Crippen LogP) is 1.80. The molecule has 1 aromatic rings. The first-order valence-corrected chi connectivity index (χ1v) is 6.97. The van der Waals surface area contributed by atoms with Crippen LogP contribution < -0.4 is 5.32 Å². The Bertz CT molecular complexity index is 390. The highest BCUT2D eigenvalue weighted by atomic mass is 32.1. The predicted molar refractivity (Wildman–Crippen MR) is 71.8 cm³/mol. The maximum Gasteiger partial charge on any atom is 0.265 e. The van der Waals surface area contributed by atoms with E-state index in [0.29, 0.717) is 17.2 Å². The average molecular weight is 271 g/mol. The van der Waals surface area contributed by atoms with E-state index in [-0.39, 0.29) is 18.4 Å². The minimum Gasteiger partial charge on any atom is -0.391 e. The Kier molecular flexibility index (Phi) is 5.68. The highest BCUT2D eigenvalue weighted by Crippen LogP contribution is 2.19. The molecule has 1 amide bonds. The summed E-state index contributed by atoms with van der Waals surface area (Å²) in [7, 11) is 0. The van der Waals surface area contributed by atoms with Crippen LogP contribution in [0.25, 0.3) is 0 Å². The lowest BCUT2D eigenvalue weighted by Gasteiger charge is -2.13. The number of aliphatic hydroxyl groups is 1. The summed E-state index contributed by atoms with van der Waals surface area (Å²) in [5, 5.41) is 16.4. The number of aromatic nitrogens is 2. The Hall–Kier alpha value is -1.01. The third-order valence-corrected chi connectivity index (χ3v) is 3.25. The van der Waals surface area contributed by atoms with Crippen molar-refractivity contribution in [1.82, 2.24) is 14.9 Å². The summed E-state index contributed by atoms with van der Waals surface area (Å²) in [6.07, 6.45) is 0.176. The molecule has 0 spiro atoms. The van der Waals surface area contributed by atoms with Crippen LogP contribution in [0.3, 0.4) is 0 Å². The molecule has 5 nitrogen and oxygen atoms in total. The van der Waals surface area contributed by atoms with Crippen LogP contribution >= 0.6 is 11.5 Å². The third kappa shape index (κ3) is 4.34. The molecular weight excluding hydrogens is 250 g/mol. The highest BCUT2D eigenvalue weighted by Gasteiger charge is 2.19. The van der Waals surface area contributed by atoms with Crippen LogP contribution in [0, 0.1) is 5.92 Å². The summed E-state index contributed by atoms with van der Waals surface area (Å²) in [6, 6.07) is 0. The lowest BCUT2D eigenvalue weighted by atomic mass is 10.1. The van der Waals surface area contributed by atoms with Crippen molar-refractivity contribution in [2.24, 2.45) is 5.92 Å². The first-order chi connectivity index (χ1) is 8.41. The quantitative estimate of drug-likeness (QED) is 0.827. The lowest BCUT2D eigenvalue weighted by molar-refractivity contribution is 0.0902. The van der Waals surface area contributed by atoms with Crippen molar-refractivity contribution in [2.75, 3.05) is 6.54 Å². The first-order valence-electron chi connectivity index (χ1n) is 6.20. The molecule has 102 valence electrons. The second-order valence-electron chi connectivity index (χ2n) is 5.14. The highest BCUT2D eigenvalue weighted by molar-refractivity contribution is 7.08. The molecule has 6 heteroatoms. The van der Waals surface area contributed by atoms with Gasteiger partial charge in [0.15, 0.2) is 0 Å². The summed E-state index contributed by atoms with van der Waals surface area (Å²) < 4.78 is 3.81. The molecule has 0 saturated carbocycles. The van der Waals surface area contributed by atoms with E-state index in [1.54, 1.807) is 0 Å². The van der Waals surface area contributed by atoms with Gasteiger partial charge in [-0.05, 0) is 29.8 Å². The fourth-order valence-corrected chi connectivity index (χ4v) is 2.39. The summed E-state index contributed by atoms with van der Waals surface area (Å²) in [5.74, 6) is 0.384. The van der Waals surface area contributed by atoms with Crippen molar-refractivity contribution in [3.63, 3.8) is 0 Å². The van der Waals surface area contributed by atoms with Gasteiger partial charge in [0.25, 0.3) is 5.91 Å². The van der Waals surface area contributed by atoms with Gasteiger partial charge in [0.05, 0.1) is 11.8 Å². The Balaban J connectivity index is 2.53. The number of rotatable bonds is 6. The molecule has 0 aromatic carbocycles. The smallest absolute Gasteiger partial charge is 0.265 e. The van der Waals surface area contributed by atoms with Crippen molar-refractivity contribution in [3.8, 4) is 0 Å². The van der Waals surface area contributed by atoms with Gasteiger partial charge >= 0.3 is 0 Å². The van der Waals surface area contributed by atoms with Crippen LogP contribution in [0.4, 0.5) is 0 Å². The second kappa shape index (κ2) is 6.80. The number of nitrogens with one attached hydrogen (secondary N) is 1. The molecule has 1 aromatic heterocycles. The number of amides is 1. The van der Waals surface area contributed by atoms with Gasteiger partial charge in [-0.3, -0.25) is 4.79 Å². The minimum atomic E-state index is -0.502. The van der Waals surface area contributed by atoms with Crippen molar-refractivity contribution in [1.29, 1.82) is 0 Å². The molecule has 0 aliphatic rings. The van der Waals surface area contributed by atoms with Gasteiger partial charge in [-0.1, -0.05) is 32.2 Å². The zero-order chi connectivity index (χ0) is 13.7. The summed E-state index contributed by atoms with van der Waals surface area (Å²) >= 11 is 1.10. The standard InChI is InChI=1S/C12H21N3O2S/c1-7(2)5-9(16)6-13-12(17)11-10(8(3)4)14-15-18-11/h7-9,16H,5-6H2,1-4H3,(H,13,17). The Morgan fingerprint density at radius 1 is 1.39 bits per heavy atom. The van der Waals surface area contributed by atoms with E-state index in [4.69, 9.17) is 0 Å². The molecular formula is C12H21N3O2S.